The molecule has 39 heavy (non-hydrogen) atoms. The fourth-order valence-electron chi connectivity index (χ4n) is 5.40. The van der Waals surface area contributed by atoms with Crippen molar-refractivity contribution in [1.29, 1.82) is 0 Å². The van der Waals surface area contributed by atoms with Crippen molar-refractivity contribution in [1.82, 2.24) is 19.8 Å². The van der Waals surface area contributed by atoms with Crippen LogP contribution in [0.1, 0.15) is 49.2 Å². The van der Waals surface area contributed by atoms with Gasteiger partial charge in [0.05, 0.1) is 0 Å². The number of nitrogens with zero attached hydrogens (tertiary/aromatic N) is 5. The molecule has 11 nitrogen and oxygen atoms in total. The van der Waals surface area contributed by atoms with Crippen LogP contribution < -0.4 is 21.7 Å². The van der Waals surface area contributed by atoms with Gasteiger partial charge in [-0.25, -0.2) is 9.97 Å². The number of primary amides is 1. The highest BCUT2D eigenvalue weighted by atomic mass is 35.5. The Kier molecular flexibility index (Phi) is 9.50. The van der Waals surface area contributed by atoms with Crippen LogP contribution in [0.25, 0.3) is 0 Å². The van der Waals surface area contributed by atoms with E-state index in [9.17, 15) is 14.7 Å². The van der Waals surface area contributed by atoms with E-state index in [1.54, 1.807) is 6.07 Å². The van der Waals surface area contributed by atoms with Gasteiger partial charge in [-0.1, -0.05) is 36.2 Å². The maximum Gasteiger partial charge on any atom is 0.271 e. The molecule has 1 aromatic heterocycles. The first-order valence-corrected chi connectivity index (χ1v) is 14.0. The number of carbonyl (C=O) groups is 2. The number of amides is 2. The highest BCUT2D eigenvalue weighted by Crippen LogP contribution is 2.30. The molecule has 1 aromatic carbocycles. The van der Waals surface area contributed by atoms with Crippen LogP contribution in [0.4, 0.5) is 17.3 Å². The number of anilines is 3. The summed E-state index contributed by atoms with van der Waals surface area (Å²) in [5.74, 6) is -0.749. The summed E-state index contributed by atoms with van der Waals surface area (Å²) < 4.78 is 0. The number of nitrogen functional groups attached to an aromatic ring is 1. The Hall–Kier alpha value is -2.70. The van der Waals surface area contributed by atoms with Crippen molar-refractivity contribution in [3.63, 3.8) is 0 Å². The number of hydrogen-bond acceptors (Lipinski definition) is 9. The molecule has 0 bridgehead atoms. The monoisotopic (exact) mass is 578 g/mol. The number of aliphatic hydroxyl groups excluding tert-OH is 1. The van der Waals surface area contributed by atoms with Crippen LogP contribution in [0.2, 0.25) is 10.2 Å². The Bertz CT molecular complexity index is 1210. The molecule has 2 amide bonds. The molecule has 13 heteroatoms. The van der Waals surface area contributed by atoms with Crippen molar-refractivity contribution in [3.05, 3.63) is 39.6 Å². The molecule has 2 atom stereocenters. The first-order valence-electron chi connectivity index (χ1n) is 13.2. The molecule has 2 aliphatic rings. The number of rotatable bonds is 8. The molecule has 4 rings (SSSR count). The molecule has 212 valence electrons. The van der Waals surface area contributed by atoms with Crippen LogP contribution in [0.5, 0.6) is 0 Å². The fraction of sp³-hybridized carbons (Fsp3) is 0.538. The second-order valence-corrected chi connectivity index (χ2v) is 11.0. The van der Waals surface area contributed by atoms with Crippen LogP contribution in [0, 0.1) is 0 Å². The highest BCUT2D eigenvalue weighted by molar-refractivity contribution is 6.32. The lowest BCUT2D eigenvalue weighted by atomic mass is 9.97. The van der Waals surface area contributed by atoms with Gasteiger partial charge in [-0.15, -0.1) is 0 Å². The summed E-state index contributed by atoms with van der Waals surface area (Å²) in [6, 6.07) is 6.23. The van der Waals surface area contributed by atoms with E-state index in [-0.39, 0.29) is 16.7 Å². The normalized spacial score (nSPS) is 20.1. The van der Waals surface area contributed by atoms with Crippen molar-refractivity contribution < 1.29 is 14.7 Å². The number of nitrogens with one attached hydrogen (secondary N) is 1. The van der Waals surface area contributed by atoms with E-state index in [4.69, 9.17) is 34.7 Å². The summed E-state index contributed by atoms with van der Waals surface area (Å²) in [4.78, 5) is 39.1. The number of piperidine rings is 1. The predicted molar refractivity (Wildman–Crippen MR) is 153 cm³/mol. The zero-order valence-electron chi connectivity index (χ0n) is 22.2. The first kappa shape index (κ1) is 29.3. The summed E-state index contributed by atoms with van der Waals surface area (Å²) in [6.45, 7) is 8.46. The minimum Gasteiger partial charge on any atom is -0.384 e. The topological polar surface area (TPSA) is 154 Å². The smallest absolute Gasteiger partial charge is 0.271 e. The lowest BCUT2D eigenvalue weighted by molar-refractivity contribution is -0.123. The van der Waals surface area contributed by atoms with E-state index in [1.807, 2.05) is 12.1 Å². The third kappa shape index (κ3) is 6.90. The molecule has 2 fully saturated rings. The van der Waals surface area contributed by atoms with E-state index in [2.05, 4.69) is 36.9 Å². The number of hydrogen-bond donors (Lipinski definition) is 4. The van der Waals surface area contributed by atoms with Gasteiger partial charge in [-0.2, -0.15) is 0 Å². The van der Waals surface area contributed by atoms with E-state index in [0.717, 1.165) is 57.5 Å². The van der Waals surface area contributed by atoms with Crippen molar-refractivity contribution in [2.75, 3.05) is 48.7 Å². The van der Waals surface area contributed by atoms with Crippen LogP contribution in [0.3, 0.4) is 0 Å². The largest absolute Gasteiger partial charge is 0.384 e. The van der Waals surface area contributed by atoms with E-state index in [0.29, 0.717) is 35.2 Å². The summed E-state index contributed by atoms with van der Waals surface area (Å²) in [5.41, 5.74) is 12.7. The van der Waals surface area contributed by atoms with Crippen molar-refractivity contribution in [2.24, 2.45) is 5.73 Å². The second-order valence-electron chi connectivity index (χ2n) is 10.2. The zero-order valence-corrected chi connectivity index (χ0v) is 23.8. The molecule has 0 saturated carbocycles. The lowest BCUT2D eigenvalue weighted by Crippen LogP contribution is -2.58. The third-order valence-corrected chi connectivity index (χ3v) is 8.01. The molecule has 2 aliphatic heterocycles. The summed E-state index contributed by atoms with van der Waals surface area (Å²) in [7, 11) is 0. The maximum atomic E-state index is 12.1. The molecule has 0 aliphatic carbocycles. The minimum atomic E-state index is -1.10. The van der Waals surface area contributed by atoms with Crippen LogP contribution >= 0.6 is 23.2 Å². The highest BCUT2D eigenvalue weighted by Gasteiger charge is 2.34. The van der Waals surface area contributed by atoms with Crippen LogP contribution in [0.15, 0.2) is 18.2 Å². The van der Waals surface area contributed by atoms with E-state index >= 15 is 0 Å². The molecule has 6 N–H and O–H groups in total. The van der Waals surface area contributed by atoms with Crippen molar-refractivity contribution in [3.8, 4) is 0 Å². The molecular formula is C26H36Cl2N8O3. The summed E-state index contributed by atoms with van der Waals surface area (Å²) in [5, 5.41) is 13.0. The Morgan fingerprint density at radius 2 is 1.90 bits per heavy atom. The van der Waals surface area contributed by atoms with Crippen LogP contribution in [-0.2, 0) is 11.3 Å². The number of aromatic nitrogens is 2. The van der Waals surface area contributed by atoms with Gasteiger partial charge in [0.15, 0.2) is 22.5 Å². The van der Waals surface area contributed by atoms with Gasteiger partial charge >= 0.3 is 0 Å². The van der Waals surface area contributed by atoms with Gasteiger partial charge < -0.3 is 26.8 Å². The van der Waals surface area contributed by atoms with Gasteiger partial charge in [-0.3, -0.25) is 19.4 Å². The third-order valence-electron chi connectivity index (χ3n) is 7.53. The Morgan fingerprint density at radius 3 is 2.54 bits per heavy atom. The zero-order chi connectivity index (χ0) is 28.3. The summed E-state index contributed by atoms with van der Waals surface area (Å²) >= 11 is 12.5. The van der Waals surface area contributed by atoms with Crippen molar-refractivity contribution in [2.45, 2.75) is 57.8 Å². The number of halogens is 2. The second kappa shape index (κ2) is 12.6. The Balaban J connectivity index is 1.37. The molecule has 2 saturated heterocycles. The van der Waals surface area contributed by atoms with Gasteiger partial charge in [0, 0.05) is 49.0 Å². The van der Waals surface area contributed by atoms with E-state index in [1.165, 1.54) is 6.92 Å². The predicted octanol–water partition coefficient (Wildman–Crippen LogP) is 2.35. The minimum absolute atomic E-state index is 0.0148. The maximum absolute atomic E-state index is 12.1. The number of carbonyl (C=O) groups excluding carboxylic acids is 2. The fourth-order valence-corrected chi connectivity index (χ4v) is 5.82. The SMILES string of the molecule is CC[C@H]1CN(c2nc(N)c(C(N)=O)nc2Cl)CCN1C1CCN(Cc2ccc(Cl)cc2NC(=O)C(C)O)CC1. The molecule has 0 spiro atoms. The average Bonchev–Trinajstić information content (AvgIpc) is 2.91. The molecule has 1 unspecified atom stereocenters. The number of nitrogens with two attached hydrogens (primary N) is 2. The Labute approximate surface area is 238 Å². The van der Waals surface area contributed by atoms with Gasteiger partial charge in [-0.05, 0) is 57.0 Å². The lowest BCUT2D eigenvalue weighted by Gasteiger charge is -2.47. The number of aliphatic hydroxyl groups is 1. The number of likely N-dealkylation sites (tertiary alicyclic amines) is 1. The van der Waals surface area contributed by atoms with Gasteiger partial charge in [0.1, 0.15) is 6.10 Å². The van der Waals surface area contributed by atoms with Crippen LogP contribution in [-0.4, -0.2) is 87.6 Å². The van der Waals surface area contributed by atoms with E-state index < -0.39 is 17.9 Å². The van der Waals surface area contributed by atoms with Crippen molar-refractivity contribution >= 4 is 52.3 Å². The van der Waals surface area contributed by atoms with Gasteiger partial charge in [0.25, 0.3) is 11.8 Å². The molecular weight excluding hydrogens is 543 g/mol. The average molecular weight is 580 g/mol. The molecule has 2 aromatic rings. The molecule has 3 heterocycles. The quantitative estimate of drug-likeness (QED) is 0.369. The number of benzene rings is 1. The summed E-state index contributed by atoms with van der Waals surface area (Å²) in [6.07, 6.45) is 1.92. The molecule has 0 radical (unpaired) electrons. The number of piperazine rings is 1. The standard InChI is InChI=1S/C26H36Cl2N8O3/c1-3-18-14-35(25-22(28)32-21(24(30)38)23(29)33-25)10-11-36(18)19-6-8-34(9-7-19)13-16-4-5-17(27)12-20(16)31-26(39)15(2)37/h4-5,12,15,18-19,37H,3,6-11,13-14H2,1-2H3,(H2,29,33)(H2,30,38)(H,31,39)/t15?,18-/m0/s1. The van der Waals surface area contributed by atoms with Gasteiger partial charge in [0.2, 0.25) is 0 Å². The Morgan fingerprint density at radius 1 is 1.18 bits per heavy atom. The first-order chi connectivity index (χ1) is 18.6.